The van der Waals surface area contributed by atoms with Gasteiger partial charge in [0.2, 0.25) is 0 Å². The molecular weight excluding hydrogens is 350 g/mol. The van der Waals surface area contributed by atoms with E-state index in [0.717, 1.165) is 0 Å². The van der Waals surface area contributed by atoms with Gasteiger partial charge in [0.25, 0.3) is 0 Å². The van der Waals surface area contributed by atoms with Crippen LogP contribution in [0.5, 0.6) is 0 Å². The number of benzene rings is 2. The fourth-order valence-corrected chi connectivity index (χ4v) is 4.53. The first-order chi connectivity index (χ1) is 14.3. The van der Waals surface area contributed by atoms with Crippen LogP contribution in [0.4, 0.5) is 0 Å². The molecule has 0 amide bonds. The van der Waals surface area contributed by atoms with E-state index in [0.29, 0.717) is 0 Å². The van der Waals surface area contributed by atoms with Crippen LogP contribution in [-0.4, -0.2) is 4.98 Å². The van der Waals surface area contributed by atoms with E-state index in [1.165, 1.54) is 123 Å². The lowest BCUT2D eigenvalue weighted by Gasteiger charge is -2.03. The molecule has 1 heterocycles. The average molecular weight is 392 g/mol. The third-order valence-electron chi connectivity index (χ3n) is 6.37. The minimum absolute atomic E-state index is 1.21. The summed E-state index contributed by atoms with van der Waals surface area (Å²) < 4.78 is 0. The third-order valence-corrected chi connectivity index (χ3v) is 6.37. The molecule has 1 nitrogen and oxygen atoms in total. The fourth-order valence-electron chi connectivity index (χ4n) is 4.53. The maximum atomic E-state index is 3.70. The zero-order chi connectivity index (χ0) is 20.3. The molecule has 1 heteroatoms. The van der Waals surface area contributed by atoms with Crippen molar-refractivity contribution in [2.24, 2.45) is 0 Å². The molecule has 3 rings (SSSR count). The number of nitrogens with one attached hydrogen (secondary N) is 1. The number of hydrogen-bond acceptors (Lipinski definition) is 0. The highest BCUT2D eigenvalue weighted by molar-refractivity contribution is 6.07. The second kappa shape index (κ2) is 12.1. The second-order valence-electron chi connectivity index (χ2n) is 8.92. The van der Waals surface area contributed by atoms with Gasteiger partial charge in [-0.3, -0.25) is 0 Å². The van der Waals surface area contributed by atoms with Crippen molar-refractivity contribution in [3.63, 3.8) is 0 Å². The van der Waals surface area contributed by atoms with E-state index in [4.69, 9.17) is 0 Å². The number of fused-ring (bicyclic) bond motifs is 3. The van der Waals surface area contributed by atoms with Crippen LogP contribution in [0.3, 0.4) is 0 Å². The number of rotatable bonds is 14. The first-order valence-corrected chi connectivity index (χ1v) is 12.3. The number of aryl methyl sites for hydroxylation is 2. The number of H-pyrrole nitrogens is 1. The Kier molecular flexibility index (Phi) is 9.12. The largest absolute Gasteiger partial charge is 0.354 e. The molecule has 0 spiro atoms. The van der Waals surface area contributed by atoms with Gasteiger partial charge in [-0.2, -0.15) is 0 Å². The summed E-state index contributed by atoms with van der Waals surface area (Å²) in [5, 5.41) is 2.75. The molecule has 0 fully saturated rings. The quantitative estimate of drug-likeness (QED) is 0.264. The van der Waals surface area contributed by atoms with Gasteiger partial charge in [-0.05, 0) is 48.9 Å². The van der Waals surface area contributed by atoms with Crippen LogP contribution in [-0.2, 0) is 12.8 Å². The average Bonchev–Trinajstić information content (AvgIpc) is 3.10. The predicted octanol–water partition coefficient (Wildman–Crippen LogP) is 9.13. The number of hydrogen-bond donors (Lipinski definition) is 1. The van der Waals surface area contributed by atoms with E-state index >= 15 is 0 Å². The van der Waals surface area contributed by atoms with Crippen LogP contribution < -0.4 is 0 Å². The molecule has 158 valence electrons. The van der Waals surface area contributed by atoms with Gasteiger partial charge >= 0.3 is 0 Å². The third kappa shape index (κ3) is 6.63. The van der Waals surface area contributed by atoms with E-state index in [2.05, 4.69) is 55.2 Å². The highest BCUT2D eigenvalue weighted by Crippen LogP contribution is 2.28. The van der Waals surface area contributed by atoms with Crippen molar-refractivity contribution in [3.05, 3.63) is 47.5 Å². The highest BCUT2D eigenvalue weighted by Gasteiger charge is 2.06. The number of unbranched alkanes of at least 4 members (excludes halogenated alkanes) is 10. The zero-order valence-electron chi connectivity index (χ0n) is 18.9. The molecule has 0 aliphatic rings. The lowest BCUT2D eigenvalue weighted by Crippen LogP contribution is -1.86. The van der Waals surface area contributed by atoms with Crippen LogP contribution in [0.15, 0.2) is 36.4 Å². The Balaban J connectivity index is 1.56. The van der Waals surface area contributed by atoms with E-state index in [-0.39, 0.29) is 0 Å². The van der Waals surface area contributed by atoms with Crippen molar-refractivity contribution < 1.29 is 0 Å². The van der Waals surface area contributed by atoms with E-state index in [9.17, 15) is 0 Å². The summed E-state index contributed by atoms with van der Waals surface area (Å²) in [6, 6.07) is 14.1. The van der Waals surface area contributed by atoms with Gasteiger partial charge in [-0.25, -0.2) is 0 Å². The van der Waals surface area contributed by atoms with E-state index in [1.807, 2.05) is 0 Å². The standard InChI is InChI=1S/C28H41N/c1-3-5-7-9-11-13-15-23-17-19-25-26-20-18-24(16-14-12-10-8-6-4-2)22-28(26)29-27(25)21-23/h17-22,29H,3-16H2,1-2H3. The molecule has 3 aromatic rings. The minimum Gasteiger partial charge on any atom is -0.354 e. The lowest BCUT2D eigenvalue weighted by molar-refractivity contribution is 0.607. The highest BCUT2D eigenvalue weighted by atomic mass is 14.7. The first-order valence-electron chi connectivity index (χ1n) is 12.3. The normalized spacial score (nSPS) is 11.7. The molecule has 0 saturated heterocycles. The SMILES string of the molecule is CCCCCCCCc1ccc2c(c1)[nH]c1cc(CCCCCCCC)ccc12. The summed E-state index contributed by atoms with van der Waals surface area (Å²) in [7, 11) is 0. The summed E-state index contributed by atoms with van der Waals surface area (Å²) in [4.78, 5) is 3.70. The Hall–Kier alpha value is -1.76. The molecule has 0 unspecified atom stereocenters. The summed E-state index contributed by atoms with van der Waals surface area (Å²) in [5.41, 5.74) is 5.57. The van der Waals surface area contributed by atoms with Gasteiger partial charge in [-0.15, -0.1) is 0 Å². The molecular formula is C28H41N. The van der Waals surface area contributed by atoms with Crippen LogP contribution in [0, 0.1) is 0 Å². The van der Waals surface area contributed by atoms with Gasteiger partial charge in [-0.1, -0.05) is 102 Å². The van der Waals surface area contributed by atoms with Crippen molar-refractivity contribution in [2.45, 2.75) is 104 Å². The van der Waals surface area contributed by atoms with Crippen LogP contribution in [0.1, 0.15) is 102 Å². The Morgan fingerprint density at radius 3 is 1.38 bits per heavy atom. The van der Waals surface area contributed by atoms with Gasteiger partial charge < -0.3 is 4.98 Å². The van der Waals surface area contributed by atoms with E-state index < -0.39 is 0 Å². The zero-order valence-corrected chi connectivity index (χ0v) is 18.9. The van der Waals surface area contributed by atoms with Gasteiger partial charge in [0.15, 0.2) is 0 Å². The summed E-state index contributed by atoms with van der Waals surface area (Å²) in [6.07, 6.45) is 18.8. The molecule has 0 aliphatic heterocycles. The first kappa shape index (κ1) is 21.9. The van der Waals surface area contributed by atoms with Gasteiger partial charge in [0.05, 0.1) is 0 Å². The van der Waals surface area contributed by atoms with Crippen molar-refractivity contribution in [2.75, 3.05) is 0 Å². The molecule has 0 radical (unpaired) electrons. The predicted molar refractivity (Wildman–Crippen MR) is 130 cm³/mol. The molecule has 0 bridgehead atoms. The van der Waals surface area contributed by atoms with Crippen LogP contribution >= 0.6 is 0 Å². The topological polar surface area (TPSA) is 15.8 Å². The Morgan fingerprint density at radius 1 is 0.517 bits per heavy atom. The molecule has 1 N–H and O–H groups in total. The molecule has 0 aliphatic carbocycles. The maximum absolute atomic E-state index is 3.70. The number of aromatic amines is 1. The monoisotopic (exact) mass is 391 g/mol. The Morgan fingerprint density at radius 2 is 0.931 bits per heavy atom. The van der Waals surface area contributed by atoms with Crippen molar-refractivity contribution in [1.29, 1.82) is 0 Å². The van der Waals surface area contributed by atoms with Crippen LogP contribution in [0.2, 0.25) is 0 Å². The summed E-state index contributed by atoms with van der Waals surface area (Å²) in [5.74, 6) is 0. The summed E-state index contributed by atoms with van der Waals surface area (Å²) in [6.45, 7) is 4.57. The Labute approximate surface area is 178 Å². The summed E-state index contributed by atoms with van der Waals surface area (Å²) >= 11 is 0. The van der Waals surface area contributed by atoms with Gasteiger partial charge in [0.1, 0.15) is 0 Å². The molecule has 2 aromatic carbocycles. The molecule has 0 atom stereocenters. The molecule has 1 aromatic heterocycles. The maximum Gasteiger partial charge on any atom is 0.0467 e. The molecule has 29 heavy (non-hydrogen) atoms. The van der Waals surface area contributed by atoms with Crippen molar-refractivity contribution >= 4 is 21.8 Å². The van der Waals surface area contributed by atoms with Crippen molar-refractivity contribution in [1.82, 2.24) is 4.98 Å². The van der Waals surface area contributed by atoms with Crippen LogP contribution in [0.25, 0.3) is 21.8 Å². The smallest absolute Gasteiger partial charge is 0.0467 e. The Bertz CT molecular complexity index is 787. The molecule has 0 saturated carbocycles. The number of aromatic nitrogens is 1. The minimum atomic E-state index is 1.21. The lowest BCUT2D eigenvalue weighted by atomic mass is 10.0. The fraction of sp³-hybridized carbons (Fsp3) is 0.571. The van der Waals surface area contributed by atoms with Gasteiger partial charge in [0, 0.05) is 21.8 Å². The second-order valence-corrected chi connectivity index (χ2v) is 8.92. The van der Waals surface area contributed by atoms with E-state index in [1.54, 1.807) is 0 Å². The van der Waals surface area contributed by atoms with Crippen molar-refractivity contribution in [3.8, 4) is 0 Å².